The summed E-state index contributed by atoms with van der Waals surface area (Å²) >= 11 is 0. The molecule has 1 aliphatic rings. The molecule has 0 heteroatoms. The number of hydrogen-bond acceptors (Lipinski definition) is 0. The Morgan fingerprint density at radius 1 is 0.667 bits per heavy atom. The molecule has 0 aromatic heterocycles. The first-order valence-electron chi connectivity index (χ1n) is 12.9. The van der Waals surface area contributed by atoms with E-state index in [9.17, 15) is 0 Å². The maximum absolute atomic E-state index is 2.62. The lowest BCUT2D eigenvalue weighted by atomic mass is 9.65. The van der Waals surface area contributed by atoms with E-state index in [1.54, 1.807) is 0 Å². The Kier molecular flexibility index (Phi) is 12.3. The van der Waals surface area contributed by atoms with Crippen molar-refractivity contribution in [3.8, 4) is 0 Å². The largest absolute Gasteiger partial charge is 0.0654 e. The molecule has 1 rings (SSSR count). The molecule has 27 heavy (non-hydrogen) atoms. The molecule has 0 aliphatic heterocycles. The first-order chi connectivity index (χ1) is 12.9. The fourth-order valence-electron chi connectivity index (χ4n) is 6.20. The predicted molar refractivity (Wildman–Crippen MR) is 124 cm³/mol. The normalized spacial score (nSPS) is 29.6. The van der Waals surface area contributed by atoms with E-state index in [1.807, 2.05) is 0 Å². The average molecular weight is 379 g/mol. The van der Waals surface area contributed by atoms with Gasteiger partial charge in [0.15, 0.2) is 0 Å². The molecular formula is C27H54. The lowest BCUT2D eigenvalue weighted by Gasteiger charge is -2.40. The number of rotatable bonds is 12. The molecular weight excluding hydrogens is 324 g/mol. The van der Waals surface area contributed by atoms with E-state index in [-0.39, 0.29) is 0 Å². The molecule has 1 saturated carbocycles. The number of hydrogen-bond donors (Lipinski definition) is 0. The SMILES string of the molecule is CCCCC1(C)CCCCC(CCC)(C(C)CCCC(C)CCC)CCC1. The van der Waals surface area contributed by atoms with Gasteiger partial charge in [0.05, 0.1) is 0 Å². The Morgan fingerprint density at radius 3 is 2.00 bits per heavy atom. The highest BCUT2D eigenvalue weighted by molar-refractivity contribution is 4.87. The van der Waals surface area contributed by atoms with E-state index in [0.717, 1.165) is 11.8 Å². The van der Waals surface area contributed by atoms with Crippen LogP contribution in [0.5, 0.6) is 0 Å². The summed E-state index contributed by atoms with van der Waals surface area (Å²) in [4.78, 5) is 0. The second-order valence-corrected chi connectivity index (χ2v) is 10.8. The smallest absolute Gasteiger partial charge is 0.0272 e. The standard InChI is InChI=1S/C27H54/c1-7-10-19-26(6)20-11-12-22-27(18-9-3,23-14-21-26)25(5)17-13-16-24(4)15-8-2/h24-25H,7-23H2,1-6H3. The van der Waals surface area contributed by atoms with Gasteiger partial charge in [0, 0.05) is 0 Å². The van der Waals surface area contributed by atoms with Crippen LogP contribution in [0.2, 0.25) is 0 Å². The minimum atomic E-state index is 0.636. The van der Waals surface area contributed by atoms with Gasteiger partial charge in [-0.05, 0) is 61.2 Å². The zero-order valence-corrected chi connectivity index (χ0v) is 20.2. The Hall–Kier alpha value is 0. The van der Waals surface area contributed by atoms with Gasteiger partial charge in [0.1, 0.15) is 0 Å². The zero-order chi connectivity index (χ0) is 20.2. The monoisotopic (exact) mass is 378 g/mol. The van der Waals surface area contributed by atoms with Gasteiger partial charge in [0.2, 0.25) is 0 Å². The van der Waals surface area contributed by atoms with Gasteiger partial charge in [0.25, 0.3) is 0 Å². The Balaban J connectivity index is 2.67. The molecule has 0 spiro atoms. The molecule has 0 bridgehead atoms. The van der Waals surface area contributed by atoms with E-state index in [1.165, 1.54) is 109 Å². The zero-order valence-electron chi connectivity index (χ0n) is 20.2. The van der Waals surface area contributed by atoms with Gasteiger partial charge in [-0.1, -0.05) is 112 Å². The molecule has 1 fully saturated rings. The lowest BCUT2D eigenvalue weighted by Crippen LogP contribution is -2.29. The molecule has 0 nitrogen and oxygen atoms in total. The van der Waals surface area contributed by atoms with Crippen molar-refractivity contribution in [2.24, 2.45) is 22.7 Å². The molecule has 0 amide bonds. The van der Waals surface area contributed by atoms with Crippen molar-refractivity contribution < 1.29 is 0 Å². The minimum absolute atomic E-state index is 0.636. The third-order valence-corrected chi connectivity index (χ3v) is 8.20. The van der Waals surface area contributed by atoms with Crippen LogP contribution in [-0.4, -0.2) is 0 Å². The summed E-state index contributed by atoms with van der Waals surface area (Å²) in [5.74, 6) is 1.86. The highest BCUT2D eigenvalue weighted by Gasteiger charge is 2.36. The van der Waals surface area contributed by atoms with Crippen LogP contribution < -0.4 is 0 Å². The predicted octanol–water partition coefficient (Wildman–Crippen LogP) is 9.96. The van der Waals surface area contributed by atoms with Crippen LogP contribution in [0.25, 0.3) is 0 Å². The maximum atomic E-state index is 2.62. The summed E-state index contributed by atoms with van der Waals surface area (Å²) < 4.78 is 0. The molecule has 0 aromatic carbocycles. The molecule has 0 radical (unpaired) electrons. The van der Waals surface area contributed by atoms with E-state index in [2.05, 4.69) is 41.5 Å². The summed E-state index contributed by atoms with van der Waals surface area (Å²) in [5, 5.41) is 0. The van der Waals surface area contributed by atoms with Crippen molar-refractivity contribution in [2.75, 3.05) is 0 Å². The van der Waals surface area contributed by atoms with Crippen molar-refractivity contribution in [3.05, 3.63) is 0 Å². The number of unbranched alkanes of at least 4 members (excludes halogenated alkanes) is 1. The van der Waals surface area contributed by atoms with Crippen LogP contribution in [-0.2, 0) is 0 Å². The molecule has 0 heterocycles. The van der Waals surface area contributed by atoms with Gasteiger partial charge in [-0.15, -0.1) is 0 Å². The van der Waals surface area contributed by atoms with Crippen molar-refractivity contribution in [3.63, 3.8) is 0 Å². The van der Waals surface area contributed by atoms with Crippen LogP contribution in [0.1, 0.15) is 151 Å². The summed E-state index contributed by atoms with van der Waals surface area (Å²) in [5.41, 5.74) is 1.29. The molecule has 162 valence electrons. The highest BCUT2D eigenvalue weighted by atomic mass is 14.4. The average Bonchev–Trinajstić information content (AvgIpc) is 2.71. The second kappa shape index (κ2) is 13.3. The van der Waals surface area contributed by atoms with E-state index >= 15 is 0 Å². The highest BCUT2D eigenvalue weighted by Crippen LogP contribution is 2.48. The molecule has 4 atom stereocenters. The van der Waals surface area contributed by atoms with Crippen molar-refractivity contribution in [1.82, 2.24) is 0 Å². The summed E-state index contributed by atoms with van der Waals surface area (Å²) in [6.07, 6.45) is 24.7. The molecule has 0 N–H and O–H groups in total. The topological polar surface area (TPSA) is 0 Å². The fourth-order valence-corrected chi connectivity index (χ4v) is 6.20. The Labute approximate surface area is 173 Å². The Morgan fingerprint density at radius 2 is 1.33 bits per heavy atom. The van der Waals surface area contributed by atoms with Crippen LogP contribution in [0.3, 0.4) is 0 Å². The summed E-state index contributed by atoms with van der Waals surface area (Å²) in [6, 6.07) is 0. The van der Waals surface area contributed by atoms with E-state index < -0.39 is 0 Å². The molecule has 0 aromatic rings. The first kappa shape index (κ1) is 25.0. The van der Waals surface area contributed by atoms with Gasteiger partial charge in [-0.25, -0.2) is 0 Å². The van der Waals surface area contributed by atoms with Crippen molar-refractivity contribution >= 4 is 0 Å². The summed E-state index contributed by atoms with van der Waals surface area (Å²) in [7, 11) is 0. The van der Waals surface area contributed by atoms with Crippen LogP contribution in [0.4, 0.5) is 0 Å². The van der Waals surface area contributed by atoms with Crippen LogP contribution in [0.15, 0.2) is 0 Å². The molecule has 4 unspecified atom stereocenters. The van der Waals surface area contributed by atoms with Gasteiger partial charge in [-0.3, -0.25) is 0 Å². The quantitative estimate of drug-likeness (QED) is 0.317. The van der Waals surface area contributed by atoms with Crippen molar-refractivity contribution in [1.29, 1.82) is 0 Å². The van der Waals surface area contributed by atoms with Crippen LogP contribution >= 0.6 is 0 Å². The first-order valence-corrected chi connectivity index (χ1v) is 12.9. The second-order valence-electron chi connectivity index (χ2n) is 10.8. The van der Waals surface area contributed by atoms with Crippen molar-refractivity contribution in [2.45, 2.75) is 151 Å². The third-order valence-electron chi connectivity index (χ3n) is 8.20. The molecule has 1 aliphatic carbocycles. The van der Waals surface area contributed by atoms with E-state index in [0.29, 0.717) is 10.8 Å². The van der Waals surface area contributed by atoms with E-state index in [4.69, 9.17) is 0 Å². The van der Waals surface area contributed by atoms with Gasteiger partial charge < -0.3 is 0 Å². The maximum Gasteiger partial charge on any atom is -0.0272 e. The third kappa shape index (κ3) is 8.91. The lowest BCUT2D eigenvalue weighted by molar-refractivity contribution is 0.106. The fraction of sp³-hybridized carbons (Fsp3) is 1.00. The Bertz CT molecular complexity index is 359. The molecule has 0 saturated heterocycles. The summed E-state index contributed by atoms with van der Waals surface area (Å²) in [6.45, 7) is 14.8. The van der Waals surface area contributed by atoms with Gasteiger partial charge in [-0.2, -0.15) is 0 Å². The van der Waals surface area contributed by atoms with Gasteiger partial charge >= 0.3 is 0 Å². The van der Waals surface area contributed by atoms with Crippen LogP contribution in [0, 0.1) is 22.7 Å². The minimum Gasteiger partial charge on any atom is -0.0654 e.